The van der Waals surface area contributed by atoms with E-state index in [2.05, 4.69) is 10.2 Å². The summed E-state index contributed by atoms with van der Waals surface area (Å²) in [7, 11) is -1.30. The predicted octanol–water partition coefficient (Wildman–Crippen LogP) is -0.715. The zero-order chi connectivity index (χ0) is 13.2. The molecule has 2 rings (SSSR count). The van der Waals surface area contributed by atoms with Gasteiger partial charge in [-0.1, -0.05) is 0 Å². The Hall–Kier alpha value is -0.990. The van der Waals surface area contributed by atoms with Crippen LogP contribution in [0.5, 0.6) is 0 Å². The molecule has 1 unspecified atom stereocenters. The quantitative estimate of drug-likeness (QED) is 0.761. The molecule has 102 valence electrons. The largest absolute Gasteiger partial charge is 0.383 e. The van der Waals surface area contributed by atoms with Crippen molar-refractivity contribution in [3.05, 3.63) is 11.6 Å². The van der Waals surface area contributed by atoms with Crippen molar-refractivity contribution in [2.24, 2.45) is 5.73 Å². The van der Waals surface area contributed by atoms with Crippen molar-refractivity contribution in [1.82, 2.24) is 14.8 Å². The number of sulfone groups is 1. The molecule has 1 saturated heterocycles. The van der Waals surface area contributed by atoms with Crippen LogP contribution in [-0.4, -0.2) is 48.4 Å². The van der Waals surface area contributed by atoms with E-state index >= 15 is 0 Å². The Morgan fingerprint density at radius 2 is 2.28 bits per heavy atom. The van der Waals surface area contributed by atoms with E-state index in [1.165, 1.54) is 0 Å². The van der Waals surface area contributed by atoms with E-state index in [0.29, 0.717) is 31.2 Å². The van der Waals surface area contributed by atoms with Gasteiger partial charge in [0.15, 0.2) is 9.84 Å². The SMILES string of the molecule is COCCn1c(CN)nnc1C1CCS(=O)(=O)C1. The highest BCUT2D eigenvalue weighted by Crippen LogP contribution is 2.27. The van der Waals surface area contributed by atoms with E-state index in [1.807, 2.05) is 4.57 Å². The minimum Gasteiger partial charge on any atom is -0.383 e. The lowest BCUT2D eigenvalue weighted by molar-refractivity contribution is 0.185. The minimum absolute atomic E-state index is 0.0698. The van der Waals surface area contributed by atoms with Crippen LogP contribution in [0.4, 0.5) is 0 Å². The molecule has 1 atom stereocenters. The highest BCUT2D eigenvalue weighted by molar-refractivity contribution is 7.91. The van der Waals surface area contributed by atoms with E-state index in [-0.39, 0.29) is 24.0 Å². The Labute approximate surface area is 106 Å². The summed E-state index contributed by atoms with van der Waals surface area (Å²) in [4.78, 5) is 0. The molecule has 0 radical (unpaired) electrons. The van der Waals surface area contributed by atoms with Crippen molar-refractivity contribution in [2.75, 3.05) is 25.2 Å². The molecule has 1 aliphatic heterocycles. The lowest BCUT2D eigenvalue weighted by Gasteiger charge is -2.12. The lowest BCUT2D eigenvalue weighted by Crippen LogP contribution is -2.17. The first-order valence-electron chi connectivity index (χ1n) is 5.89. The van der Waals surface area contributed by atoms with Crippen LogP contribution in [0, 0.1) is 0 Å². The van der Waals surface area contributed by atoms with Crippen molar-refractivity contribution in [2.45, 2.75) is 25.4 Å². The number of hydrogen-bond donors (Lipinski definition) is 1. The average molecular weight is 274 g/mol. The smallest absolute Gasteiger partial charge is 0.151 e. The van der Waals surface area contributed by atoms with Crippen LogP contribution < -0.4 is 5.73 Å². The topological polar surface area (TPSA) is 100 Å². The molecule has 0 amide bonds. The van der Waals surface area contributed by atoms with Gasteiger partial charge in [0.2, 0.25) is 0 Å². The molecule has 1 aromatic rings. The van der Waals surface area contributed by atoms with Gasteiger partial charge in [-0.15, -0.1) is 10.2 Å². The van der Waals surface area contributed by atoms with Crippen molar-refractivity contribution >= 4 is 9.84 Å². The maximum absolute atomic E-state index is 11.5. The summed E-state index contributed by atoms with van der Waals surface area (Å²) in [6.45, 7) is 1.41. The molecule has 8 heteroatoms. The maximum atomic E-state index is 11.5. The number of rotatable bonds is 5. The third-order valence-electron chi connectivity index (χ3n) is 3.16. The van der Waals surface area contributed by atoms with Gasteiger partial charge in [0.05, 0.1) is 24.7 Å². The molecule has 0 aliphatic carbocycles. The van der Waals surface area contributed by atoms with E-state index < -0.39 is 9.84 Å². The first kappa shape index (κ1) is 13.4. The van der Waals surface area contributed by atoms with Crippen LogP contribution in [0.25, 0.3) is 0 Å². The molecular formula is C10H18N4O3S. The van der Waals surface area contributed by atoms with Crippen LogP contribution in [0.1, 0.15) is 24.0 Å². The molecule has 2 N–H and O–H groups in total. The van der Waals surface area contributed by atoms with Gasteiger partial charge >= 0.3 is 0 Å². The van der Waals surface area contributed by atoms with Gasteiger partial charge in [-0.25, -0.2) is 8.42 Å². The summed E-state index contributed by atoms with van der Waals surface area (Å²) < 4.78 is 29.9. The molecule has 0 bridgehead atoms. The van der Waals surface area contributed by atoms with E-state index in [0.717, 1.165) is 0 Å². The normalized spacial score (nSPS) is 22.4. The second-order valence-electron chi connectivity index (χ2n) is 4.42. The first-order chi connectivity index (χ1) is 8.57. The molecule has 0 aromatic carbocycles. The fourth-order valence-electron chi connectivity index (χ4n) is 2.23. The van der Waals surface area contributed by atoms with Gasteiger partial charge in [0, 0.05) is 19.6 Å². The highest BCUT2D eigenvalue weighted by atomic mass is 32.2. The number of ether oxygens (including phenoxy) is 1. The standard InChI is InChI=1S/C10H18N4O3S/c1-17-4-3-14-9(6-11)12-13-10(14)8-2-5-18(15,16)7-8/h8H,2-7,11H2,1H3. The monoisotopic (exact) mass is 274 g/mol. The van der Waals surface area contributed by atoms with Crippen molar-refractivity contribution < 1.29 is 13.2 Å². The predicted molar refractivity (Wildman–Crippen MR) is 65.8 cm³/mol. The Balaban J connectivity index is 2.24. The summed E-state index contributed by atoms with van der Waals surface area (Å²) in [6, 6.07) is 0. The van der Waals surface area contributed by atoms with Crippen molar-refractivity contribution in [1.29, 1.82) is 0 Å². The second kappa shape index (κ2) is 5.33. The minimum atomic E-state index is -2.92. The first-order valence-corrected chi connectivity index (χ1v) is 7.71. The Morgan fingerprint density at radius 1 is 1.50 bits per heavy atom. The second-order valence-corrected chi connectivity index (χ2v) is 6.65. The molecule has 18 heavy (non-hydrogen) atoms. The fraction of sp³-hybridized carbons (Fsp3) is 0.800. The van der Waals surface area contributed by atoms with Gasteiger partial charge in [0.25, 0.3) is 0 Å². The zero-order valence-electron chi connectivity index (χ0n) is 10.4. The molecule has 2 heterocycles. The van der Waals surface area contributed by atoms with Crippen LogP contribution in [-0.2, 0) is 27.7 Å². The maximum Gasteiger partial charge on any atom is 0.151 e. The Kier molecular flexibility index (Phi) is 3.98. The van der Waals surface area contributed by atoms with Gasteiger partial charge in [-0.3, -0.25) is 0 Å². The Bertz CT molecular complexity index is 511. The fourth-order valence-corrected chi connectivity index (χ4v) is 3.97. The highest BCUT2D eigenvalue weighted by Gasteiger charge is 2.32. The van der Waals surface area contributed by atoms with Crippen molar-refractivity contribution in [3.63, 3.8) is 0 Å². The number of methoxy groups -OCH3 is 1. The third-order valence-corrected chi connectivity index (χ3v) is 4.92. The van der Waals surface area contributed by atoms with E-state index in [4.69, 9.17) is 10.5 Å². The number of nitrogens with zero attached hydrogens (tertiary/aromatic N) is 3. The summed E-state index contributed by atoms with van der Waals surface area (Å²) in [5, 5.41) is 8.12. The van der Waals surface area contributed by atoms with Gasteiger partial charge in [-0.05, 0) is 6.42 Å². The number of nitrogens with two attached hydrogens (primary N) is 1. The molecule has 0 spiro atoms. The van der Waals surface area contributed by atoms with Crippen LogP contribution >= 0.6 is 0 Å². The van der Waals surface area contributed by atoms with Crippen molar-refractivity contribution in [3.8, 4) is 0 Å². The number of hydrogen-bond acceptors (Lipinski definition) is 6. The summed E-state index contributed by atoms with van der Waals surface area (Å²) in [5.74, 6) is 1.70. The van der Waals surface area contributed by atoms with E-state index in [1.54, 1.807) is 7.11 Å². The molecule has 7 nitrogen and oxygen atoms in total. The molecular weight excluding hydrogens is 256 g/mol. The third kappa shape index (κ3) is 2.70. The van der Waals surface area contributed by atoms with Gasteiger partial charge in [-0.2, -0.15) is 0 Å². The van der Waals surface area contributed by atoms with Crippen LogP contribution in [0.3, 0.4) is 0 Å². The van der Waals surface area contributed by atoms with E-state index in [9.17, 15) is 8.42 Å². The molecule has 0 saturated carbocycles. The average Bonchev–Trinajstić information content (AvgIpc) is 2.89. The summed E-state index contributed by atoms with van der Waals surface area (Å²) >= 11 is 0. The Morgan fingerprint density at radius 3 is 2.83 bits per heavy atom. The van der Waals surface area contributed by atoms with Crippen LogP contribution in [0.2, 0.25) is 0 Å². The number of aromatic nitrogens is 3. The summed E-state index contributed by atoms with van der Waals surface area (Å²) in [5.41, 5.74) is 5.61. The summed E-state index contributed by atoms with van der Waals surface area (Å²) in [6.07, 6.45) is 0.609. The molecule has 1 aliphatic rings. The zero-order valence-corrected chi connectivity index (χ0v) is 11.2. The lowest BCUT2D eigenvalue weighted by atomic mass is 10.1. The molecule has 1 fully saturated rings. The van der Waals surface area contributed by atoms with Crippen LogP contribution in [0.15, 0.2) is 0 Å². The van der Waals surface area contributed by atoms with Gasteiger partial charge in [0.1, 0.15) is 11.6 Å². The van der Waals surface area contributed by atoms with Gasteiger partial charge < -0.3 is 15.0 Å². The molecule has 1 aromatic heterocycles.